The highest BCUT2D eigenvalue weighted by molar-refractivity contribution is 8.01. The number of ketones is 1. The topological polar surface area (TPSA) is 38.1 Å². The predicted molar refractivity (Wildman–Crippen MR) is 123 cm³/mol. The number of anilines is 1. The highest BCUT2D eigenvalue weighted by Crippen LogP contribution is 2.46. The molecule has 7 heteroatoms. The number of fused-ring (bicyclic) bond motifs is 1. The molecule has 4 rings (SSSR count). The van der Waals surface area contributed by atoms with Crippen LogP contribution >= 0.6 is 35.3 Å². The van der Waals surface area contributed by atoms with Gasteiger partial charge in [-0.3, -0.25) is 9.10 Å². The number of carbonyl (C=O) groups excluding carboxylic acids is 1. The third kappa shape index (κ3) is 4.20. The van der Waals surface area contributed by atoms with Gasteiger partial charge in [-0.1, -0.05) is 72.8 Å². The predicted octanol–water partition coefficient (Wildman–Crippen LogP) is 6.17. The van der Waals surface area contributed by atoms with Gasteiger partial charge in [0.05, 0.1) is 6.54 Å². The lowest BCUT2D eigenvalue weighted by atomic mass is 10.1. The van der Waals surface area contributed by atoms with Crippen LogP contribution in [0.25, 0.3) is 0 Å². The van der Waals surface area contributed by atoms with Gasteiger partial charge in [0.1, 0.15) is 10.9 Å². The van der Waals surface area contributed by atoms with Gasteiger partial charge in [0.25, 0.3) is 0 Å². The third-order valence-corrected chi connectivity index (χ3v) is 7.49. The first-order chi connectivity index (χ1) is 14.1. The summed E-state index contributed by atoms with van der Waals surface area (Å²) in [6.45, 7) is 2.83. The smallest absolute Gasteiger partial charge is 0.202 e. The molecule has 0 bridgehead atoms. The standard InChI is InChI=1S/C22H22ClN3OS2/c1-3-13-28-22-24-21-18(25(22)2)19(27)20(16-9-11-17(23)12-10-16)29-26(21)14-15-7-5-4-6-8-15/h4-12,20H,3,13-14H2,1-2H3. The summed E-state index contributed by atoms with van der Waals surface area (Å²) < 4.78 is 4.11. The Balaban J connectivity index is 1.75. The molecule has 0 amide bonds. The summed E-state index contributed by atoms with van der Waals surface area (Å²) in [6, 6.07) is 17.8. The molecule has 0 fully saturated rings. The Kier molecular flexibility index (Phi) is 6.23. The molecule has 4 nitrogen and oxygen atoms in total. The Hall–Kier alpha value is -1.89. The van der Waals surface area contributed by atoms with E-state index in [2.05, 4.69) is 23.4 Å². The Bertz CT molecular complexity index is 1000. The monoisotopic (exact) mass is 443 g/mol. The van der Waals surface area contributed by atoms with E-state index in [1.54, 1.807) is 11.8 Å². The molecular weight excluding hydrogens is 422 g/mol. The van der Waals surface area contributed by atoms with Gasteiger partial charge in [-0.25, -0.2) is 4.98 Å². The summed E-state index contributed by atoms with van der Waals surface area (Å²) >= 11 is 9.30. The Labute approximate surface area is 184 Å². The fourth-order valence-corrected chi connectivity index (χ4v) is 5.44. The summed E-state index contributed by atoms with van der Waals surface area (Å²) in [5, 5.41) is 1.24. The molecule has 0 aliphatic carbocycles. The first-order valence-electron chi connectivity index (χ1n) is 9.56. The van der Waals surface area contributed by atoms with Crippen LogP contribution in [0.1, 0.15) is 40.2 Å². The van der Waals surface area contributed by atoms with Crippen LogP contribution in [0, 0.1) is 0 Å². The Morgan fingerprint density at radius 3 is 2.55 bits per heavy atom. The van der Waals surface area contributed by atoms with E-state index in [-0.39, 0.29) is 11.0 Å². The van der Waals surface area contributed by atoms with Crippen molar-refractivity contribution < 1.29 is 4.79 Å². The molecule has 150 valence electrons. The molecule has 0 radical (unpaired) electrons. The number of nitrogens with zero attached hydrogens (tertiary/aromatic N) is 3. The SMILES string of the molecule is CCCSc1nc2c(n1C)C(=O)C(c1ccc(Cl)cc1)SN2Cc1ccccc1. The van der Waals surface area contributed by atoms with Crippen molar-refractivity contribution in [1.29, 1.82) is 0 Å². The van der Waals surface area contributed by atoms with Gasteiger partial charge in [0.2, 0.25) is 5.78 Å². The number of aromatic nitrogens is 2. The molecule has 1 atom stereocenters. The third-order valence-electron chi connectivity index (χ3n) is 4.75. The van der Waals surface area contributed by atoms with Crippen molar-refractivity contribution in [2.24, 2.45) is 7.05 Å². The summed E-state index contributed by atoms with van der Waals surface area (Å²) in [5.74, 6) is 1.83. The minimum atomic E-state index is -0.317. The van der Waals surface area contributed by atoms with Gasteiger partial charge in [-0.05, 0) is 41.6 Å². The molecule has 2 aromatic carbocycles. The highest BCUT2D eigenvalue weighted by atomic mass is 35.5. The molecule has 1 aliphatic rings. The van der Waals surface area contributed by atoms with Gasteiger partial charge in [0, 0.05) is 17.8 Å². The average Bonchev–Trinajstić information content (AvgIpc) is 3.07. The maximum Gasteiger partial charge on any atom is 0.202 e. The minimum Gasteiger partial charge on any atom is -0.318 e. The van der Waals surface area contributed by atoms with Gasteiger partial charge in [0.15, 0.2) is 11.0 Å². The minimum absolute atomic E-state index is 0.0926. The second-order valence-corrected chi connectivity index (χ2v) is 9.52. The molecule has 29 heavy (non-hydrogen) atoms. The molecule has 1 aromatic heterocycles. The van der Waals surface area contributed by atoms with Crippen LogP contribution in [-0.2, 0) is 13.6 Å². The maximum absolute atomic E-state index is 13.5. The van der Waals surface area contributed by atoms with Gasteiger partial charge >= 0.3 is 0 Å². The second kappa shape index (κ2) is 8.86. The van der Waals surface area contributed by atoms with E-state index in [1.807, 2.05) is 54.1 Å². The summed E-state index contributed by atoms with van der Waals surface area (Å²) in [4.78, 5) is 18.3. The van der Waals surface area contributed by atoms with E-state index >= 15 is 0 Å². The quantitative estimate of drug-likeness (QED) is 0.336. The van der Waals surface area contributed by atoms with Crippen LogP contribution < -0.4 is 4.31 Å². The van der Waals surface area contributed by atoms with E-state index in [1.165, 1.54) is 17.5 Å². The molecule has 0 N–H and O–H groups in total. The van der Waals surface area contributed by atoms with E-state index in [4.69, 9.17) is 16.6 Å². The molecule has 0 saturated heterocycles. The first kappa shape index (κ1) is 20.4. The van der Waals surface area contributed by atoms with E-state index < -0.39 is 0 Å². The lowest BCUT2D eigenvalue weighted by Crippen LogP contribution is -2.28. The zero-order valence-electron chi connectivity index (χ0n) is 16.3. The van der Waals surface area contributed by atoms with Crippen molar-refractivity contribution >= 4 is 46.9 Å². The maximum atomic E-state index is 13.5. The zero-order valence-corrected chi connectivity index (χ0v) is 18.7. The average molecular weight is 444 g/mol. The van der Waals surface area contributed by atoms with Crippen molar-refractivity contribution in [2.45, 2.75) is 30.3 Å². The number of thioether (sulfide) groups is 1. The number of Topliss-reactive ketones (excluding diaryl/α,β-unsaturated/α-hetero) is 1. The lowest BCUT2D eigenvalue weighted by molar-refractivity contribution is 0.0980. The number of hydrogen-bond donors (Lipinski definition) is 0. The van der Waals surface area contributed by atoms with E-state index in [0.717, 1.165) is 28.7 Å². The molecule has 1 aliphatic heterocycles. The number of hydrogen-bond acceptors (Lipinski definition) is 5. The van der Waals surface area contributed by atoms with Gasteiger partial charge in [-0.2, -0.15) is 0 Å². The number of imidazole rings is 1. The molecule has 3 aromatic rings. The van der Waals surface area contributed by atoms with Crippen LogP contribution in [0.2, 0.25) is 5.02 Å². The molecule has 0 spiro atoms. The fourth-order valence-electron chi connectivity index (χ4n) is 3.30. The van der Waals surface area contributed by atoms with Crippen LogP contribution in [0.3, 0.4) is 0 Å². The van der Waals surface area contributed by atoms with Crippen LogP contribution in [-0.4, -0.2) is 21.1 Å². The molecular formula is C22H22ClN3OS2. The number of rotatable bonds is 6. The highest BCUT2D eigenvalue weighted by Gasteiger charge is 2.38. The number of benzene rings is 2. The fraction of sp³-hybridized carbons (Fsp3) is 0.273. The van der Waals surface area contributed by atoms with Crippen molar-refractivity contribution in [1.82, 2.24) is 9.55 Å². The zero-order chi connectivity index (χ0) is 20.4. The largest absolute Gasteiger partial charge is 0.318 e. The van der Waals surface area contributed by atoms with Crippen molar-refractivity contribution in [3.05, 3.63) is 76.4 Å². The lowest BCUT2D eigenvalue weighted by Gasteiger charge is -2.31. The van der Waals surface area contributed by atoms with Crippen molar-refractivity contribution in [2.75, 3.05) is 10.1 Å². The molecule has 1 unspecified atom stereocenters. The van der Waals surface area contributed by atoms with Crippen LogP contribution in [0.15, 0.2) is 59.8 Å². The number of halogens is 1. The Morgan fingerprint density at radius 2 is 1.86 bits per heavy atom. The van der Waals surface area contributed by atoms with Crippen molar-refractivity contribution in [3.8, 4) is 0 Å². The van der Waals surface area contributed by atoms with Gasteiger partial charge in [-0.15, -0.1) is 0 Å². The first-order valence-corrected chi connectivity index (χ1v) is 11.8. The van der Waals surface area contributed by atoms with E-state index in [9.17, 15) is 4.79 Å². The van der Waals surface area contributed by atoms with E-state index in [0.29, 0.717) is 17.3 Å². The van der Waals surface area contributed by atoms with Crippen molar-refractivity contribution in [3.63, 3.8) is 0 Å². The number of carbonyl (C=O) groups is 1. The van der Waals surface area contributed by atoms with Crippen LogP contribution in [0.5, 0.6) is 0 Å². The summed E-state index contributed by atoms with van der Waals surface area (Å²) in [6.07, 6.45) is 1.06. The second-order valence-electron chi connectivity index (χ2n) is 6.90. The summed E-state index contributed by atoms with van der Waals surface area (Å²) in [7, 11) is 1.94. The Morgan fingerprint density at radius 1 is 1.14 bits per heavy atom. The van der Waals surface area contributed by atoms with Crippen LogP contribution in [0.4, 0.5) is 5.82 Å². The molecule has 2 heterocycles. The van der Waals surface area contributed by atoms with Gasteiger partial charge < -0.3 is 4.57 Å². The molecule has 0 saturated carbocycles. The summed E-state index contributed by atoms with van der Waals surface area (Å²) in [5.41, 5.74) is 2.82. The normalized spacial score (nSPS) is 16.2.